The van der Waals surface area contributed by atoms with E-state index in [0.717, 1.165) is 44.6 Å². The Morgan fingerprint density at radius 1 is 1.19 bits per heavy atom. The van der Waals surface area contributed by atoms with Crippen LogP contribution in [0.4, 0.5) is 0 Å². The van der Waals surface area contributed by atoms with Crippen LogP contribution in [0.1, 0.15) is 65.7 Å². The van der Waals surface area contributed by atoms with Gasteiger partial charge in [-0.2, -0.15) is 0 Å². The van der Waals surface area contributed by atoms with Crippen molar-refractivity contribution in [3.05, 3.63) is 0 Å². The van der Waals surface area contributed by atoms with Crippen molar-refractivity contribution in [2.24, 2.45) is 11.3 Å². The van der Waals surface area contributed by atoms with E-state index in [1.165, 1.54) is 12.8 Å². The molecular formula is C17H28N2O2. The van der Waals surface area contributed by atoms with E-state index in [1.807, 2.05) is 25.7 Å². The molecule has 0 radical (unpaired) electrons. The third-order valence-corrected chi connectivity index (χ3v) is 5.48. The topological polar surface area (TPSA) is 49.4 Å². The van der Waals surface area contributed by atoms with Crippen LogP contribution >= 0.6 is 0 Å². The Morgan fingerprint density at radius 3 is 2.33 bits per heavy atom. The minimum Gasteiger partial charge on any atom is -0.342 e. The van der Waals surface area contributed by atoms with Gasteiger partial charge >= 0.3 is 0 Å². The van der Waals surface area contributed by atoms with Crippen LogP contribution in [0.3, 0.4) is 0 Å². The highest BCUT2D eigenvalue weighted by molar-refractivity contribution is 6.00. The van der Waals surface area contributed by atoms with Gasteiger partial charge in [-0.25, -0.2) is 0 Å². The highest BCUT2D eigenvalue weighted by atomic mass is 16.2. The number of amides is 2. The summed E-state index contributed by atoms with van der Waals surface area (Å²) < 4.78 is 0. The normalized spacial score (nSPS) is 29.1. The van der Waals surface area contributed by atoms with Crippen LogP contribution in [-0.2, 0) is 9.59 Å². The van der Waals surface area contributed by atoms with Crippen molar-refractivity contribution in [3.63, 3.8) is 0 Å². The van der Waals surface area contributed by atoms with E-state index in [-0.39, 0.29) is 23.3 Å². The average molecular weight is 292 g/mol. The smallest absolute Gasteiger partial charge is 0.246 e. The summed E-state index contributed by atoms with van der Waals surface area (Å²) in [5, 5.41) is 3.04. The number of carbonyl (C=O) groups excluding carboxylic acids is 2. The summed E-state index contributed by atoms with van der Waals surface area (Å²) in [6, 6.07) is -0.379. The van der Waals surface area contributed by atoms with Crippen molar-refractivity contribution in [2.75, 3.05) is 6.54 Å². The molecule has 1 saturated heterocycles. The van der Waals surface area contributed by atoms with Gasteiger partial charge in [0.1, 0.15) is 11.6 Å². The van der Waals surface area contributed by atoms with Crippen molar-refractivity contribution in [3.8, 4) is 0 Å². The summed E-state index contributed by atoms with van der Waals surface area (Å²) in [6.07, 6.45) is 7.45. The Labute approximate surface area is 127 Å². The predicted molar refractivity (Wildman–Crippen MR) is 81.6 cm³/mol. The summed E-state index contributed by atoms with van der Waals surface area (Å²) in [7, 11) is 0. The number of hydrogen-bond donors (Lipinski definition) is 1. The lowest BCUT2D eigenvalue weighted by molar-refractivity contribution is -0.160. The van der Waals surface area contributed by atoms with Crippen molar-refractivity contribution in [2.45, 2.75) is 77.3 Å². The lowest BCUT2D eigenvalue weighted by Crippen LogP contribution is -2.72. The first-order valence-electron chi connectivity index (χ1n) is 8.47. The third kappa shape index (κ3) is 2.58. The molecule has 2 amide bonds. The molecule has 4 heteroatoms. The summed E-state index contributed by atoms with van der Waals surface area (Å²) in [4.78, 5) is 27.8. The van der Waals surface area contributed by atoms with Gasteiger partial charge in [-0.1, -0.05) is 46.5 Å². The van der Waals surface area contributed by atoms with Gasteiger partial charge in [-0.3, -0.25) is 9.59 Å². The first kappa shape index (κ1) is 14.9. The number of nitrogens with one attached hydrogen (secondary N) is 1. The van der Waals surface area contributed by atoms with E-state index >= 15 is 0 Å². The van der Waals surface area contributed by atoms with E-state index in [9.17, 15) is 9.59 Å². The Bertz CT molecular complexity index is 442. The maximum absolute atomic E-state index is 13.0. The number of carbonyl (C=O) groups is 2. The van der Waals surface area contributed by atoms with E-state index in [4.69, 9.17) is 0 Å². The Morgan fingerprint density at radius 2 is 1.81 bits per heavy atom. The van der Waals surface area contributed by atoms with E-state index < -0.39 is 5.54 Å². The van der Waals surface area contributed by atoms with Crippen LogP contribution in [0.15, 0.2) is 0 Å². The SMILES string of the molecule is CC(C)(C)C1NC(=O)C2(CCCC2)N(CCC2CC2)C1=O. The van der Waals surface area contributed by atoms with Crippen LogP contribution < -0.4 is 5.32 Å². The molecule has 1 unspecified atom stereocenters. The number of hydrogen-bond acceptors (Lipinski definition) is 2. The molecule has 0 bridgehead atoms. The first-order chi connectivity index (χ1) is 9.84. The maximum atomic E-state index is 13.0. The fourth-order valence-electron chi connectivity index (χ4n) is 3.90. The maximum Gasteiger partial charge on any atom is 0.246 e. The second-order valence-corrected chi connectivity index (χ2v) is 8.23. The van der Waals surface area contributed by atoms with Crippen LogP contribution in [0.25, 0.3) is 0 Å². The van der Waals surface area contributed by atoms with Gasteiger partial charge in [-0.15, -0.1) is 0 Å². The van der Waals surface area contributed by atoms with Gasteiger partial charge in [0.25, 0.3) is 0 Å². The van der Waals surface area contributed by atoms with Crippen LogP contribution in [-0.4, -0.2) is 34.8 Å². The highest BCUT2D eigenvalue weighted by Gasteiger charge is 2.55. The second-order valence-electron chi connectivity index (χ2n) is 8.23. The van der Waals surface area contributed by atoms with Gasteiger partial charge in [0.05, 0.1) is 0 Å². The molecule has 1 heterocycles. The largest absolute Gasteiger partial charge is 0.342 e. The van der Waals surface area contributed by atoms with Crippen molar-refractivity contribution >= 4 is 11.8 Å². The molecule has 21 heavy (non-hydrogen) atoms. The molecular weight excluding hydrogens is 264 g/mol. The van der Waals surface area contributed by atoms with E-state index in [0.29, 0.717) is 0 Å². The average Bonchev–Trinajstić information content (AvgIpc) is 3.09. The molecule has 3 rings (SSSR count). The van der Waals surface area contributed by atoms with Gasteiger partial charge in [0.2, 0.25) is 11.8 Å². The predicted octanol–water partition coefficient (Wildman–Crippen LogP) is 2.47. The molecule has 0 aromatic rings. The number of piperazine rings is 1. The summed E-state index contributed by atoms with van der Waals surface area (Å²) in [5.74, 6) is 1.02. The van der Waals surface area contributed by atoms with Crippen molar-refractivity contribution in [1.82, 2.24) is 10.2 Å². The van der Waals surface area contributed by atoms with Gasteiger partial charge in [-0.05, 0) is 30.6 Å². The molecule has 4 nitrogen and oxygen atoms in total. The van der Waals surface area contributed by atoms with Crippen molar-refractivity contribution in [1.29, 1.82) is 0 Å². The molecule has 2 saturated carbocycles. The van der Waals surface area contributed by atoms with Gasteiger partial charge in [0, 0.05) is 6.54 Å². The number of rotatable bonds is 3. The zero-order chi connectivity index (χ0) is 15.3. The van der Waals surface area contributed by atoms with E-state index in [2.05, 4.69) is 5.32 Å². The third-order valence-electron chi connectivity index (χ3n) is 5.48. The molecule has 1 N–H and O–H groups in total. The lowest BCUT2D eigenvalue weighted by Gasteiger charge is -2.49. The summed E-state index contributed by atoms with van der Waals surface area (Å²) in [6.45, 7) is 6.86. The zero-order valence-electron chi connectivity index (χ0n) is 13.6. The first-order valence-corrected chi connectivity index (χ1v) is 8.47. The Hall–Kier alpha value is -1.06. The molecule has 3 aliphatic rings. The van der Waals surface area contributed by atoms with Gasteiger partial charge in [0.15, 0.2) is 0 Å². The molecule has 2 aliphatic carbocycles. The molecule has 118 valence electrons. The molecule has 0 aromatic carbocycles. The molecule has 0 aromatic heterocycles. The van der Waals surface area contributed by atoms with Crippen LogP contribution in [0, 0.1) is 11.3 Å². The molecule has 3 fully saturated rings. The molecule has 1 atom stereocenters. The summed E-state index contributed by atoms with van der Waals surface area (Å²) >= 11 is 0. The van der Waals surface area contributed by atoms with Gasteiger partial charge < -0.3 is 10.2 Å². The molecule has 1 aliphatic heterocycles. The lowest BCUT2D eigenvalue weighted by atomic mass is 9.80. The van der Waals surface area contributed by atoms with Crippen LogP contribution in [0.2, 0.25) is 0 Å². The highest BCUT2D eigenvalue weighted by Crippen LogP contribution is 2.41. The fraction of sp³-hybridized carbons (Fsp3) is 0.882. The van der Waals surface area contributed by atoms with E-state index in [1.54, 1.807) is 0 Å². The Balaban J connectivity index is 1.86. The molecule has 1 spiro atoms. The fourth-order valence-corrected chi connectivity index (χ4v) is 3.90. The monoisotopic (exact) mass is 292 g/mol. The Kier molecular flexibility index (Phi) is 3.53. The summed E-state index contributed by atoms with van der Waals surface area (Å²) in [5.41, 5.74) is -0.765. The minimum absolute atomic E-state index is 0.0929. The standard InChI is InChI=1S/C17H28N2O2/c1-16(2,3)13-14(20)19(11-8-12-6-7-12)17(15(21)18-13)9-4-5-10-17/h12-13H,4-11H2,1-3H3,(H,18,21). The minimum atomic E-state index is -0.534. The second kappa shape index (κ2) is 4.99. The van der Waals surface area contributed by atoms with Crippen LogP contribution in [0.5, 0.6) is 0 Å². The quantitative estimate of drug-likeness (QED) is 0.868. The van der Waals surface area contributed by atoms with Crippen molar-refractivity contribution < 1.29 is 9.59 Å². The zero-order valence-corrected chi connectivity index (χ0v) is 13.6. The number of nitrogens with zero attached hydrogens (tertiary/aromatic N) is 1.